The molecule has 0 saturated heterocycles. The molecule has 0 radical (unpaired) electrons. The molecule has 0 unspecified atom stereocenters. The molecule has 0 atom stereocenters. The van der Waals surface area contributed by atoms with Gasteiger partial charge >= 0.3 is 0 Å². The van der Waals surface area contributed by atoms with Gasteiger partial charge in [0.25, 0.3) is 5.91 Å². The van der Waals surface area contributed by atoms with Crippen molar-refractivity contribution in [3.63, 3.8) is 0 Å². The standard InChI is InChI=1S/C9H7BrN4OS/c10-7-3-1-6(2-4-7)8(15)13-14-5-11-12-9(14)16/h1-5H,(H,12,16)(H,13,15). The number of rotatable bonds is 2. The molecule has 16 heavy (non-hydrogen) atoms. The molecule has 2 aromatic rings. The highest BCUT2D eigenvalue weighted by Gasteiger charge is 2.05. The molecule has 82 valence electrons. The van der Waals surface area contributed by atoms with E-state index in [1.54, 1.807) is 24.3 Å². The second-order valence-corrected chi connectivity index (χ2v) is 4.28. The third-order valence-corrected chi connectivity index (χ3v) is 2.70. The highest BCUT2D eigenvalue weighted by Crippen LogP contribution is 2.10. The monoisotopic (exact) mass is 298 g/mol. The van der Waals surface area contributed by atoms with E-state index in [-0.39, 0.29) is 5.91 Å². The molecule has 1 heterocycles. The van der Waals surface area contributed by atoms with Gasteiger partial charge in [-0.25, -0.2) is 4.68 Å². The second-order valence-electron chi connectivity index (χ2n) is 2.98. The minimum atomic E-state index is -0.245. The summed E-state index contributed by atoms with van der Waals surface area (Å²) < 4.78 is 2.61. The molecule has 0 aliphatic heterocycles. The Morgan fingerprint density at radius 1 is 1.44 bits per heavy atom. The van der Waals surface area contributed by atoms with Crippen molar-refractivity contribution in [1.82, 2.24) is 14.9 Å². The van der Waals surface area contributed by atoms with Gasteiger partial charge in [-0.05, 0) is 36.5 Å². The average Bonchev–Trinajstić information content (AvgIpc) is 2.65. The van der Waals surface area contributed by atoms with Gasteiger partial charge in [-0.3, -0.25) is 15.3 Å². The van der Waals surface area contributed by atoms with E-state index < -0.39 is 0 Å². The fraction of sp³-hybridized carbons (Fsp3) is 0. The first-order valence-electron chi connectivity index (χ1n) is 4.36. The molecule has 1 aromatic heterocycles. The Morgan fingerprint density at radius 2 is 2.12 bits per heavy atom. The lowest BCUT2D eigenvalue weighted by Gasteiger charge is -2.04. The number of halogens is 1. The molecule has 2 rings (SSSR count). The van der Waals surface area contributed by atoms with E-state index in [2.05, 4.69) is 31.6 Å². The molecule has 7 heteroatoms. The van der Waals surface area contributed by atoms with E-state index in [1.807, 2.05) is 0 Å². The van der Waals surface area contributed by atoms with Gasteiger partial charge in [0.15, 0.2) is 0 Å². The van der Waals surface area contributed by atoms with Crippen LogP contribution in [0.1, 0.15) is 10.4 Å². The van der Waals surface area contributed by atoms with Gasteiger partial charge < -0.3 is 0 Å². The van der Waals surface area contributed by atoms with E-state index in [0.717, 1.165) is 4.47 Å². The van der Waals surface area contributed by atoms with Gasteiger partial charge in [-0.15, -0.1) is 0 Å². The summed E-state index contributed by atoms with van der Waals surface area (Å²) in [5.41, 5.74) is 3.14. The lowest BCUT2D eigenvalue weighted by atomic mass is 10.2. The number of nitrogens with zero attached hydrogens (tertiary/aromatic N) is 2. The molecule has 1 amide bonds. The normalized spacial score (nSPS) is 10.1. The number of carbonyl (C=O) groups excluding carboxylic acids is 1. The summed E-state index contributed by atoms with van der Waals surface area (Å²) in [6, 6.07) is 7.01. The zero-order valence-corrected chi connectivity index (χ0v) is 10.4. The number of carbonyl (C=O) groups is 1. The number of benzene rings is 1. The van der Waals surface area contributed by atoms with Gasteiger partial charge in [0.2, 0.25) is 4.77 Å². The van der Waals surface area contributed by atoms with Crippen LogP contribution < -0.4 is 5.43 Å². The summed E-state index contributed by atoms with van der Waals surface area (Å²) >= 11 is 8.20. The Labute approximate surface area is 105 Å². The molecule has 0 bridgehead atoms. The summed E-state index contributed by atoms with van der Waals surface area (Å²) in [6.45, 7) is 0. The highest BCUT2D eigenvalue weighted by molar-refractivity contribution is 9.10. The van der Waals surface area contributed by atoms with Gasteiger partial charge in [-0.1, -0.05) is 15.9 Å². The Hall–Kier alpha value is -1.47. The molecule has 0 fully saturated rings. The number of nitrogens with one attached hydrogen (secondary N) is 2. The van der Waals surface area contributed by atoms with Crippen LogP contribution in [0.25, 0.3) is 0 Å². The fourth-order valence-electron chi connectivity index (χ4n) is 1.10. The number of amides is 1. The van der Waals surface area contributed by atoms with Crippen LogP contribution in [-0.4, -0.2) is 20.8 Å². The van der Waals surface area contributed by atoms with Crippen LogP contribution in [0.4, 0.5) is 0 Å². The topological polar surface area (TPSA) is 62.7 Å². The molecule has 5 nitrogen and oxygen atoms in total. The molecular formula is C9H7BrN4OS. The van der Waals surface area contributed by atoms with E-state index in [4.69, 9.17) is 12.2 Å². The molecule has 2 N–H and O–H groups in total. The molecule has 0 aliphatic carbocycles. The minimum absolute atomic E-state index is 0.245. The predicted octanol–water partition coefficient (Wildman–Crippen LogP) is 2.09. The van der Waals surface area contributed by atoms with Crippen molar-refractivity contribution in [1.29, 1.82) is 0 Å². The highest BCUT2D eigenvalue weighted by atomic mass is 79.9. The van der Waals surface area contributed by atoms with E-state index in [0.29, 0.717) is 10.3 Å². The Kier molecular flexibility index (Phi) is 3.16. The first-order chi connectivity index (χ1) is 7.66. The van der Waals surface area contributed by atoms with Gasteiger partial charge in [0, 0.05) is 10.0 Å². The van der Waals surface area contributed by atoms with Crippen molar-refractivity contribution in [3.05, 3.63) is 45.4 Å². The quantitative estimate of drug-likeness (QED) is 0.835. The zero-order valence-electron chi connectivity index (χ0n) is 7.98. The third kappa shape index (κ3) is 2.37. The number of aromatic amines is 1. The second kappa shape index (κ2) is 4.58. The summed E-state index contributed by atoms with van der Waals surface area (Å²) in [5.74, 6) is -0.245. The first-order valence-corrected chi connectivity index (χ1v) is 5.56. The van der Waals surface area contributed by atoms with Crippen LogP contribution in [0.2, 0.25) is 0 Å². The van der Waals surface area contributed by atoms with Crippen molar-refractivity contribution in [3.8, 4) is 0 Å². The Balaban J connectivity index is 2.18. The molecule has 0 spiro atoms. The molecule has 0 aliphatic rings. The van der Waals surface area contributed by atoms with Gasteiger partial charge in [0.1, 0.15) is 6.33 Å². The maximum Gasteiger partial charge on any atom is 0.270 e. The Bertz CT molecular complexity index is 559. The van der Waals surface area contributed by atoms with Crippen LogP contribution >= 0.6 is 28.1 Å². The largest absolute Gasteiger partial charge is 0.270 e. The lowest BCUT2D eigenvalue weighted by molar-refractivity contribution is 0.101. The minimum Gasteiger partial charge on any atom is -0.267 e. The third-order valence-electron chi connectivity index (χ3n) is 1.88. The SMILES string of the molecule is O=C(Nn1cn[nH]c1=S)c1ccc(Br)cc1. The number of hydrogen-bond acceptors (Lipinski definition) is 3. The summed E-state index contributed by atoms with van der Waals surface area (Å²) in [7, 11) is 0. The van der Waals surface area contributed by atoms with Crippen molar-refractivity contribution < 1.29 is 4.79 Å². The smallest absolute Gasteiger partial charge is 0.267 e. The van der Waals surface area contributed by atoms with Gasteiger partial charge in [-0.2, -0.15) is 5.10 Å². The lowest BCUT2D eigenvalue weighted by Crippen LogP contribution is -2.22. The Morgan fingerprint density at radius 3 is 2.69 bits per heavy atom. The molecule has 1 aromatic carbocycles. The van der Waals surface area contributed by atoms with Crippen LogP contribution in [0.5, 0.6) is 0 Å². The van der Waals surface area contributed by atoms with E-state index >= 15 is 0 Å². The van der Waals surface area contributed by atoms with Crippen molar-refractivity contribution >= 4 is 34.1 Å². The number of hydrogen-bond donors (Lipinski definition) is 2. The first kappa shape index (κ1) is 11.0. The zero-order chi connectivity index (χ0) is 11.5. The van der Waals surface area contributed by atoms with E-state index in [1.165, 1.54) is 11.0 Å². The van der Waals surface area contributed by atoms with Crippen LogP contribution in [0, 0.1) is 4.77 Å². The van der Waals surface area contributed by atoms with Crippen LogP contribution in [-0.2, 0) is 0 Å². The van der Waals surface area contributed by atoms with E-state index in [9.17, 15) is 4.79 Å². The van der Waals surface area contributed by atoms with Crippen LogP contribution in [0.3, 0.4) is 0 Å². The van der Waals surface area contributed by atoms with Crippen molar-refractivity contribution in [2.75, 3.05) is 5.43 Å². The molecular weight excluding hydrogens is 292 g/mol. The molecule has 0 saturated carbocycles. The maximum absolute atomic E-state index is 11.7. The number of H-pyrrole nitrogens is 1. The summed E-state index contributed by atoms with van der Waals surface area (Å²) in [5, 5.41) is 6.23. The fourth-order valence-corrected chi connectivity index (χ4v) is 1.51. The summed E-state index contributed by atoms with van der Waals surface area (Å²) in [4.78, 5) is 11.7. The van der Waals surface area contributed by atoms with Gasteiger partial charge in [0.05, 0.1) is 0 Å². The predicted molar refractivity (Wildman–Crippen MR) is 65.2 cm³/mol. The summed E-state index contributed by atoms with van der Waals surface area (Å²) in [6.07, 6.45) is 1.40. The van der Waals surface area contributed by atoms with Crippen LogP contribution in [0.15, 0.2) is 35.1 Å². The van der Waals surface area contributed by atoms with Crippen molar-refractivity contribution in [2.45, 2.75) is 0 Å². The van der Waals surface area contributed by atoms with Crippen molar-refractivity contribution in [2.24, 2.45) is 0 Å². The average molecular weight is 299 g/mol. The number of aromatic nitrogens is 3. The maximum atomic E-state index is 11.7.